The molecule has 7 heteroatoms. The van der Waals surface area contributed by atoms with E-state index in [1.54, 1.807) is 12.0 Å². The minimum absolute atomic E-state index is 0.0626. The molecule has 0 saturated heterocycles. The lowest BCUT2D eigenvalue weighted by atomic mass is 9.97. The van der Waals surface area contributed by atoms with Gasteiger partial charge < -0.3 is 18.9 Å². The number of benzene rings is 3. The maximum absolute atomic E-state index is 14.2. The Morgan fingerprint density at radius 3 is 2.26 bits per heavy atom. The van der Waals surface area contributed by atoms with Crippen LogP contribution in [0, 0.1) is 0 Å². The van der Waals surface area contributed by atoms with Crippen molar-refractivity contribution in [3.63, 3.8) is 0 Å². The smallest absolute Gasteiger partial charge is 0.249 e. The van der Waals surface area contributed by atoms with Crippen molar-refractivity contribution >= 4 is 17.5 Å². The van der Waals surface area contributed by atoms with Crippen molar-refractivity contribution in [2.75, 3.05) is 25.2 Å². The molecule has 0 saturated carbocycles. The molecule has 0 aliphatic carbocycles. The number of carbonyl (C=O) groups is 2. The van der Waals surface area contributed by atoms with E-state index in [0.29, 0.717) is 6.61 Å². The van der Waals surface area contributed by atoms with E-state index in [-0.39, 0.29) is 37.0 Å². The summed E-state index contributed by atoms with van der Waals surface area (Å²) in [5.41, 5.74) is 4.63. The summed E-state index contributed by atoms with van der Waals surface area (Å²) in [7, 11) is 1.63. The van der Waals surface area contributed by atoms with E-state index in [4.69, 9.17) is 9.47 Å². The summed E-state index contributed by atoms with van der Waals surface area (Å²) in [6, 6.07) is 28.8. The Kier molecular flexibility index (Phi) is 7.79. The predicted molar refractivity (Wildman–Crippen MR) is 151 cm³/mol. The van der Waals surface area contributed by atoms with Gasteiger partial charge in [-0.25, -0.2) is 0 Å². The van der Waals surface area contributed by atoms with Gasteiger partial charge in [-0.05, 0) is 61.4 Å². The van der Waals surface area contributed by atoms with Gasteiger partial charge in [0.05, 0.1) is 30.8 Å². The lowest BCUT2D eigenvalue weighted by molar-refractivity contribution is -0.141. The molecule has 1 atom stereocenters. The molecule has 0 radical (unpaired) electrons. The maximum atomic E-state index is 14.2. The number of anilines is 1. The Labute approximate surface area is 229 Å². The average molecular weight is 524 g/mol. The zero-order valence-electron chi connectivity index (χ0n) is 22.5. The van der Waals surface area contributed by atoms with Crippen LogP contribution in [0.1, 0.15) is 36.7 Å². The fourth-order valence-corrected chi connectivity index (χ4v) is 5.06. The number of methoxy groups -OCH3 is 1. The first-order chi connectivity index (χ1) is 19.0. The van der Waals surface area contributed by atoms with Crippen molar-refractivity contribution in [1.82, 2.24) is 9.47 Å². The van der Waals surface area contributed by atoms with Crippen LogP contribution in [0.2, 0.25) is 0 Å². The topological polar surface area (TPSA) is 64.0 Å². The monoisotopic (exact) mass is 523 g/mol. The van der Waals surface area contributed by atoms with Gasteiger partial charge in [0.1, 0.15) is 24.9 Å². The predicted octanol–water partition coefficient (Wildman–Crippen LogP) is 5.38. The number of fused-ring (bicyclic) bond motifs is 3. The quantitative estimate of drug-likeness (QED) is 0.296. The first-order valence-corrected chi connectivity index (χ1v) is 13.1. The van der Waals surface area contributed by atoms with Crippen LogP contribution in [-0.2, 0) is 20.9 Å². The molecule has 2 amide bonds. The fourth-order valence-electron chi connectivity index (χ4n) is 5.06. The highest BCUT2D eigenvalue weighted by Crippen LogP contribution is 2.42. The Bertz CT molecular complexity index is 1430. The van der Waals surface area contributed by atoms with E-state index in [9.17, 15) is 9.59 Å². The molecule has 7 nitrogen and oxygen atoms in total. The van der Waals surface area contributed by atoms with Gasteiger partial charge in [0, 0.05) is 12.2 Å². The Hall–Kier alpha value is -4.36. The zero-order valence-corrected chi connectivity index (χ0v) is 22.5. The number of ether oxygens (including phenoxy) is 2. The Morgan fingerprint density at radius 2 is 1.56 bits per heavy atom. The van der Waals surface area contributed by atoms with Crippen LogP contribution >= 0.6 is 0 Å². The van der Waals surface area contributed by atoms with E-state index in [1.807, 2.05) is 116 Å². The Morgan fingerprint density at radius 1 is 0.872 bits per heavy atom. The molecule has 5 rings (SSSR count). The first kappa shape index (κ1) is 26.3. The van der Waals surface area contributed by atoms with E-state index < -0.39 is 0 Å². The number of rotatable bonds is 9. The summed E-state index contributed by atoms with van der Waals surface area (Å²) in [4.78, 5) is 30.8. The van der Waals surface area contributed by atoms with Crippen LogP contribution in [0.25, 0.3) is 5.69 Å². The normalized spacial score (nSPS) is 14.1. The minimum Gasteiger partial charge on any atom is -0.497 e. The summed E-state index contributed by atoms with van der Waals surface area (Å²) in [6.07, 6.45) is 2.01. The first-order valence-electron chi connectivity index (χ1n) is 13.1. The number of hydrogen-bond acceptors (Lipinski definition) is 4. The number of para-hydroxylation sites is 2. The summed E-state index contributed by atoms with van der Waals surface area (Å²) in [5, 5.41) is 0. The van der Waals surface area contributed by atoms with Crippen molar-refractivity contribution in [3.05, 3.63) is 114 Å². The highest BCUT2D eigenvalue weighted by Gasteiger charge is 2.37. The van der Waals surface area contributed by atoms with Crippen molar-refractivity contribution < 1.29 is 19.1 Å². The van der Waals surface area contributed by atoms with Gasteiger partial charge in [-0.2, -0.15) is 0 Å². The Balaban J connectivity index is 1.43. The molecule has 0 spiro atoms. The number of carbonyl (C=O) groups excluding carboxylic acids is 2. The van der Waals surface area contributed by atoms with Gasteiger partial charge in [0.15, 0.2) is 0 Å². The molecule has 1 aromatic heterocycles. The third kappa shape index (κ3) is 5.45. The van der Waals surface area contributed by atoms with Gasteiger partial charge in [0.2, 0.25) is 11.8 Å². The van der Waals surface area contributed by atoms with Crippen molar-refractivity contribution in [1.29, 1.82) is 0 Å². The van der Waals surface area contributed by atoms with Crippen molar-refractivity contribution in [3.8, 4) is 11.4 Å². The van der Waals surface area contributed by atoms with Crippen LogP contribution in [0.15, 0.2) is 97.2 Å². The van der Waals surface area contributed by atoms with Gasteiger partial charge >= 0.3 is 0 Å². The third-order valence-corrected chi connectivity index (χ3v) is 7.01. The highest BCUT2D eigenvalue weighted by molar-refractivity contribution is 6.00. The molecule has 2 heterocycles. The summed E-state index contributed by atoms with van der Waals surface area (Å²) in [6.45, 7) is 4.01. The molecule has 0 fully saturated rings. The number of hydrogen-bond donors (Lipinski definition) is 0. The molecule has 3 aromatic carbocycles. The number of nitrogens with zero attached hydrogens (tertiary/aromatic N) is 3. The highest BCUT2D eigenvalue weighted by atomic mass is 16.5. The van der Waals surface area contributed by atoms with Crippen LogP contribution in [0.5, 0.6) is 5.75 Å². The van der Waals surface area contributed by atoms with E-state index >= 15 is 0 Å². The SMILES string of the molecule is COc1ccc(C2c3cccn3-c3ccccc3N2C(=O)CN(C(=O)COCc2ccccc2)C(C)C)cc1. The van der Waals surface area contributed by atoms with Crippen LogP contribution in [0.3, 0.4) is 0 Å². The zero-order chi connectivity index (χ0) is 27.4. The maximum Gasteiger partial charge on any atom is 0.249 e. The summed E-state index contributed by atoms with van der Waals surface area (Å²) >= 11 is 0. The molecular formula is C32H33N3O4. The third-order valence-electron chi connectivity index (χ3n) is 7.01. The second-order valence-electron chi connectivity index (χ2n) is 9.82. The summed E-state index contributed by atoms with van der Waals surface area (Å²) in [5.74, 6) is 0.361. The lowest BCUT2D eigenvalue weighted by Gasteiger charge is -2.40. The van der Waals surface area contributed by atoms with Gasteiger partial charge in [-0.1, -0.05) is 54.6 Å². The largest absolute Gasteiger partial charge is 0.497 e. The number of amides is 2. The van der Waals surface area contributed by atoms with Crippen molar-refractivity contribution in [2.24, 2.45) is 0 Å². The molecule has 39 heavy (non-hydrogen) atoms. The molecule has 0 bridgehead atoms. The summed E-state index contributed by atoms with van der Waals surface area (Å²) < 4.78 is 13.2. The van der Waals surface area contributed by atoms with Crippen molar-refractivity contribution in [2.45, 2.75) is 32.5 Å². The van der Waals surface area contributed by atoms with Gasteiger partial charge in [0.25, 0.3) is 0 Å². The van der Waals surface area contributed by atoms with Crippen LogP contribution < -0.4 is 9.64 Å². The molecule has 0 N–H and O–H groups in total. The molecule has 1 unspecified atom stereocenters. The van der Waals surface area contributed by atoms with Crippen LogP contribution in [0.4, 0.5) is 5.69 Å². The second kappa shape index (κ2) is 11.6. The molecule has 1 aliphatic heterocycles. The molecule has 1 aliphatic rings. The lowest BCUT2D eigenvalue weighted by Crippen LogP contribution is -2.49. The standard InChI is InChI=1S/C32H33N3O4/c1-23(2)34(31(37)22-39-21-24-10-5-4-6-11-24)20-30(36)35-28-13-8-7-12-27(28)33-19-9-14-29(33)32(35)25-15-17-26(38-3)18-16-25/h4-19,23,32H,20-22H2,1-3H3. The molecule has 200 valence electrons. The van der Waals surface area contributed by atoms with Gasteiger partial charge in [-0.15, -0.1) is 0 Å². The minimum atomic E-state index is -0.369. The fraction of sp³-hybridized carbons (Fsp3) is 0.250. The van der Waals surface area contributed by atoms with Gasteiger partial charge in [-0.3, -0.25) is 14.5 Å². The van der Waals surface area contributed by atoms with E-state index in [2.05, 4.69) is 4.57 Å². The average Bonchev–Trinajstić information content (AvgIpc) is 3.45. The van der Waals surface area contributed by atoms with E-state index in [1.165, 1.54) is 0 Å². The molecule has 4 aromatic rings. The second-order valence-corrected chi connectivity index (χ2v) is 9.82. The van der Waals surface area contributed by atoms with Crippen LogP contribution in [-0.4, -0.2) is 47.6 Å². The number of aromatic nitrogens is 1. The molecular weight excluding hydrogens is 490 g/mol. The van der Waals surface area contributed by atoms with E-state index in [0.717, 1.165) is 33.9 Å².